The molecule has 0 radical (unpaired) electrons. The molecule has 4 fully saturated rings. The second-order valence-electron chi connectivity index (χ2n) is 10.8. The van der Waals surface area contributed by atoms with Gasteiger partial charge in [0.1, 0.15) is 0 Å². The Labute approximate surface area is 235 Å². The van der Waals surface area contributed by atoms with Crippen molar-refractivity contribution in [1.82, 2.24) is 0 Å². The Morgan fingerprint density at radius 3 is 1.33 bits per heavy atom. The molecule has 2 unspecified atom stereocenters. The van der Waals surface area contributed by atoms with Crippen molar-refractivity contribution in [1.29, 1.82) is 0 Å². The van der Waals surface area contributed by atoms with Crippen LogP contribution in [0.1, 0.15) is 103 Å². The molecule has 0 spiro atoms. The Morgan fingerprint density at radius 1 is 0.545 bits per heavy atom. The van der Waals surface area contributed by atoms with Crippen molar-refractivity contribution >= 4 is 0 Å². The normalized spacial score (nSPS) is 28.7. The van der Waals surface area contributed by atoms with Crippen LogP contribution in [0.3, 0.4) is 0 Å². The summed E-state index contributed by atoms with van der Waals surface area (Å²) in [6.45, 7) is 0. The van der Waals surface area contributed by atoms with Crippen molar-refractivity contribution < 1.29 is 51.0 Å². The summed E-state index contributed by atoms with van der Waals surface area (Å²) in [7, 11) is 0. The molecule has 0 N–H and O–H groups in total. The van der Waals surface area contributed by atoms with Crippen LogP contribution in [-0.2, 0) is 26.2 Å². The van der Waals surface area contributed by atoms with E-state index in [0.717, 1.165) is 23.7 Å². The van der Waals surface area contributed by atoms with Gasteiger partial charge in [-0.25, -0.2) is 35.1 Å². The summed E-state index contributed by atoms with van der Waals surface area (Å²) in [5.41, 5.74) is 3.48. The van der Waals surface area contributed by atoms with Crippen molar-refractivity contribution in [2.75, 3.05) is 0 Å². The largest absolute Gasteiger partial charge is 4.00 e. The first-order chi connectivity index (χ1) is 14.9. The van der Waals surface area contributed by atoms with Crippen LogP contribution in [-0.4, -0.2) is 0 Å². The Bertz CT molecular complexity index is 634. The number of hydrogen-bond acceptors (Lipinski definition) is 0. The van der Waals surface area contributed by atoms with Gasteiger partial charge in [0.25, 0.3) is 0 Å². The van der Waals surface area contributed by atoms with Gasteiger partial charge in [0.15, 0.2) is 0 Å². The average Bonchev–Trinajstić information content (AvgIpc) is 3.45. The van der Waals surface area contributed by atoms with Gasteiger partial charge < -0.3 is 24.8 Å². The zero-order valence-electron chi connectivity index (χ0n) is 20.3. The first-order valence-corrected chi connectivity index (χ1v) is 13.4. The molecule has 4 saturated carbocycles. The number of hydrogen-bond donors (Lipinski definition) is 0. The molecule has 0 aromatic carbocycles. The minimum atomic E-state index is 0. The van der Waals surface area contributed by atoms with E-state index < -0.39 is 0 Å². The van der Waals surface area contributed by atoms with Gasteiger partial charge >= 0.3 is 26.2 Å². The van der Waals surface area contributed by atoms with E-state index in [4.69, 9.17) is 0 Å². The van der Waals surface area contributed by atoms with Crippen molar-refractivity contribution in [2.24, 2.45) is 23.7 Å². The number of allylic oxidation sites excluding steroid dienone is 8. The number of rotatable bonds is 2. The van der Waals surface area contributed by atoms with E-state index in [9.17, 15) is 0 Å². The topological polar surface area (TPSA) is 0 Å². The molecule has 6 aliphatic carbocycles. The van der Waals surface area contributed by atoms with Gasteiger partial charge in [0.05, 0.1) is 0 Å². The predicted octanol–water partition coefficient (Wildman–Crippen LogP) is 2.88. The molecule has 180 valence electrons. The molecule has 0 saturated heterocycles. The molecule has 0 heterocycles. The standard InChI is InChI=1S/2C15H21.2ClH.Zr/c2*1-2-6-12(7-3-1)15-11-10-13-8-4-5-9-14(13)15;;;/h2*4-5,9,12-13H,1-3,6-8,10-11H2;2*1H;/q2*-1;;;+4/p-2. The molecule has 3 heteroatoms. The van der Waals surface area contributed by atoms with Gasteiger partial charge in [-0.15, -0.1) is 24.3 Å². The zero-order valence-corrected chi connectivity index (χ0v) is 24.3. The van der Waals surface area contributed by atoms with Crippen molar-refractivity contribution in [3.05, 3.63) is 59.4 Å². The van der Waals surface area contributed by atoms with E-state index in [2.05, 4.69) is 36.5 Å². The molecule has 0 bridgehead atoms. The second kappa shape index (κ2) is 14.7. The average molecular weight is 565 g/mol. The first kappa shape index (κ1) is 29.4. The Balaban J connectivity index is 0.000000214. The molecular formula is C30H42Cl2Zr. The minimum absolute atomic E-state index is 0. The zero-order chi connectivity index (χ0) is 20.2. The van der Waals surface area contributed by atoms with E-state index in [1.54, 1.807) is 11.1 Å². The number of halogens is 2. The third-order valence-electron chi connectivity index (χ3n) is 9.01. The smallest absolute Gasteiger partial charge is 1.00 e. The van der Waals surface area contributed by atoms with Crippen LogP contribution in [0.15, 0.2) is 47.6 Å². The van der Waals surface area contributed by atoms with E-state index >= 15 is 0 Å². The number of fused-ring (bicyclic) bond motifs is 2. The van der Waals surface area contributed by atoms with Crippen LogP contribution in [0.5, 0.6) is 0 Å². The summed E-state index contributed by atoms with van der Waals surface area (Å²) in [5.74, 6) is 7.41. The molecule has 6 rings (SSSR count). The van der Waals surface area contributed by atoms with Gasteiger partial charge in [0.2, 0.25) is 0 Å². The minimum Gasteiger partial charge on any atom is -1.00 e. The second-order valence-corrected chi connectivity index (χ2v) is 10.8. The van der Waals surface area contributed by atoms with Gasteiger partial charge in [0, 0.05) is 0 Å². The third kappa shape index (κ3) is 7.11. The van der Waals surface area contributed by atoms with Crippen LogP contribution in [0.25, 0.3) is 0 Å². The van der Waals surface area contributed by atoms with Gasteiger partial charge in [-0.1, -0.05) is 102 Å². The van der Waals surface area contributed by atoms with E-state index in [-0.39, 0.29) is 51.0 Å². The maximum absolute atomic E-state index is 2.41. The maximum atomic E-state index is 2.41. The summed E-state index contributed by atoms with van der Waals surface area (Å²) >= 11 is 0. The van der Waals surface area contributed by atoms with Crippen molar-refractivity contribution in [3.63, 3.8) is 0 Å². The molecule has 0 aliphatic heterocycles. The van der Waals surface area contributed by atoms with E-state index in [1.165, 1.54) is 103 Å². The molecule has 0 nitrogen and oxygen atoms in total. The van der Waals surface area contributed by atoms with Crippen LogP contribution < -0.4 is 24.8 Å². The van der Waals surface area contributed by atoms with Crippen molar-refractivity contribution in [2.45, 2.75) is 103 Å². The summed E-state index contributed by atoms with van der Waals surface area (Å²) in [4.78, 5) is 0. The Kier molecular flexibility index (Phi) is 13.1. The first-order valence-electron chi connectivity index (χ1n) is 13.4. The van der Waals surface area contributed by atoms with E-state index in [1.807, 2.05) is 11.8 Å². The van der Waals surface area contributed by atoms with Crippen LogP contribution >= 0.6 is 0 Å². The maximum Gasteiger partial charge on any atom is 4.00 e. The monoisotopic (exact) mass is 562 g/mol. The fourth-order valence-corrected chi connectivity index (χ4v) is 7.37. The molecule has 2 atom stereocenters. The van der Waals surface area contributed by atoms with Crippen LogP contribution in [0, 0.1) is 35.5 Å². The van der Waals surface area contributed by atoms with Gasteiger partial charge in [-0.3, -0.25) is 0 Å². The molecular weight excluding hydrogens is 522 g/mol. The molecule has 0 aromatic heterocycles. The summed E-state index contributed by atoms with van der Waals surface area (Å²) in [6, 6.07) is 0. The molecule has 6 aliphatic rings. The van der Waals surface area contributed by atoms with E-state index in [0.29, 0.717) is 0 Å². The van der Waals surface area contributed by atoms with Crippen molar-refractivity contribution in [3.8, 4) is 0 Å². The molecule has 33 heavy (non-hydrogen) atoms. The van der Waals surface area contributed by atoms with Gasteiger partial charge in [-0.2, -0.15) is 0 Å². The summed E-state index contributed by atoms with van der Waals surface area (Å²) in [6.07, 6.45) is 37.1. The Hall–Kier alpha value is 0.163. The molecule has 0 amide bonds. The van der Waals surface area contributed by atoms with Crippen LogP contribution in [0.2, 0.25) is 0 Å². The SMILES string of the molecule is C1=CCC2CC[C-](C3CCCCC3)C2=C1.C1=CCC2CC[C-](C3CCCCC3)C2=C1.[Cl-].[Cl-].[Zr+4]. The third-order valence-corrected chi connectivity index (χ3v) is 9.01. The van der Waals surface area contributed by atoms with Crippen LogP contribution in [0.4, 0.5) is 0 Å². The molecule has 0 aromatic rings. The quantitative estimate of drug-likeness (QED) is 0.453. The fraction of sp³-hybridized carbons (Fsp3) is 0.667. The Morgan fingerprint density at radius 2 is 0.939 bits per heavy atom. The summed E-state index contributed by atoms with van der Waals surface area (Å²) < 4.78 is 0. The van der Waals surface area contributed by atoms with Gasteiger partial charge in [-0.05, 0) is 24.7 Å². The predicted molar refractivity (Wildman–Crippen MR) is 129 cm³/mol. The fourth-order valence-electron chi connectivity index (χ4n) is 7.37. The summed E-state index contributed by atoms with van der Waals surface area (Å²) in [5, 5.41) is 0.